The van der Waals surface area contributed by atoms with Gasteiger partial charge in [-0.25, -0.2) is 8.78 Å². The van der Waals surface area contributed by atoms with Gasteiger partial charge in [0.05, 0.1) is 11.7 Å². The van der Waals surface area contributed by atoms with Crippen molar-refractivity contribution in [1.29, 1.82) is 0 Å². The van der Waals surface area contributed by atoms with Crippen LogP contribution >= 0.6 is 0 Å². The fourth-order valence-electron chi connectivity index (χ4n) is 3.82. The van der Waals surface area contributed by atoms with Gasteiger partial charge in [0.2, 0.25) is 0 Å². The number of aliphatic hydroxyl groups is 2. The Labute approximate surface area is 141 Å². The molecule has 1 unspecified atom stereocenters. The van der Waals surface area contributed by atoms with Crippen LogP contribution in [0.4, 0.5) is 8.78 Å². The van der Waals surface area contributed by atoms with Gasteiger partial charge in [-0.15, -0.1) is 0 Å². The molecule has 2 heterocycles. The Morgan fingerprint density at radius 1 is 1.12 bits per heavy atom. The van der Waals surface area contributed by atoms with Crippen molar-refractivity contribution in [2.45, 2.75) is 31.5 Å². The molecule has 1 aromatic carbocycles. The highest BCUT2D eigenvalue weighted by Crippen LogP contribution is 2.35. The van der Waals surface area contributed by atoms with E-state index in [2.05, 4.69) is 11.8 Å². The van der Waals surface area contributed by atoms with E-state index in [0.717, 1.165) is 44.0 Å². The number of piperidine rings is 1. The molecule has 2 N–H and O–H groups in total. The third kappa shape index (κ3) is 3.77. The quantitative estimate of drug-likeness (QED) is 0.854. The van der Waals surface area contributed by atoms with Gasteiger partial charge in [-0.05, 0) is 44.0 Å². The first-order valence-electron chi connectivity index (χ1n) is 8.67. The van der Waals surface area contributed by atoms with Gasteiger partial charge < -0.3 is 15.1 Å². The van der Waals surface area contributed by atoms with E-state index >= 15 is 0 Å². The summed E-state index contributed by atoms with van der Waals surface area (Å²) < 4.78 is 27.6. The lowest BCUT2D eigenvalue weighted by atomic mass is 9.85. The first kappa shape index (κ1) is 17.7. The van der Waals surface area contributed by atoms with Crippen molar-refractivity contribution in [2.75, 3.05) is 39.3 Å². The van der Waals surface area contributed by atoms with Crippen LogP contribution in [0.1, 0.15) is 25.3 Å². The molecule has 0 spiro atoms. The number of hydrogen-bond acceptors (Lipinski definition) is 4. The van der Waals surface area contributed by atoms with Crippen molar-refractivity contribution < 1.29 is 19.0 Å². The first-order chi connectivity index (χ1) is 11.4. The zero-order valence-electron chi connectivity index (χ0n) is 14.1. The number of halogens is 2. The molecule has 0 radical (unpaired) electrons. The minimum Gasteiger partial charge on any atom is -0.390 e. The average molecular weight is 340 g/mol. The largest absolute Gasteiger partial charge is 0.390 e. The van der Waals surface area contributed by atoms with Crippen molar-refractivity contribution in [3.63, 3.8) is 0 Å². The predicted octanol–water partition coefficient (Wildman–Crippen LogP) is 1.56. The van der Waals surface area contributed by atoms with Gasteiger partial charge in [0, 0.05) is 26.2 Å². The molecule has 0 bridgehead atoms. The molecule has 0 amide bonds. The Kier molecular flexibility index (Phi) is 5.20. The van der Waals surface area contributed by atoms with E-state index in [1.54, 1.807) is 0 Å². The highest BCUT2D eigenvalue weighted by atomic mass is 19.1. The topological polar surface area (TPSA) is 46.9 Å². The second-order valence-corrected chi connectivity index (χ2v) is 7.43. The van der Waals surface area contributed by atoms with Crippen molar-refractivity contribution in [3.05, 3.63) is 35.4 Å². The Morgan fingerprint density at radius 2 is 1.67 bits per heavy atom. The van der Waals surface area contributed by atoms with Crippen molar-refractivity contribution in [2.24, 2.45) is 5.92 Å². The van der Waals surface area contributed by atoms with Crippen molar-refractivity contribution >= 4 is 0 Å². The lowest BCUT2D eigenvalue weighted by Crippen LogP contribution is -2.62. The van der Waals surface area contributed by atoms with Crippen LogP contribution in [-0.4, -0.2) is 65.4 Å². The number of likely N-dealkylation sites (tertiary alicyclic amines) is 2. The average Bonchev–Trinajstić information content (AvgIpc) is 2.48. The summed E-state index contributed by atoms with van der Waals surface area (Å²) >= 11 is 0. The molecule has 2 aliphatic rings. The summed E-state index contributed by atoms with van der Waals surface area (Å²) in [6, 6.07) is 3.60. The third-order valence-electron chi connectivity index (χ3n) is 5.21. The van der Waals surface area contributed by atoms with Gasteiger partial charge in [0.1, 0.15) is 17.2 Å². The second kappa shape index (κ2) is 7.04. The maximum absolute atomic E-state index is 13.8. The van der Waals surface area contributed by atoms with Crippen LogP contribution in [0.5, 0.6) is 0 Å². The van der Waals surface area contributed by atoms with Crippen LogP contribution < -0.4 is 0 Å². The summed E-state index contributed by atoms with van der Waals surface area (Å²) in [5.41, 5.74) is -1.77. The molecule has 24 heavy (non-hydrogen) atoms. The number of hydrogen-bond donors (Lipinski definition) is 2. The summed E-state index contributed by atoms with van der Waals surface area (Å²) in [5.74, 6) is -0.695. The molecule has 0 saturated carbocycles. The Hall–Kier alpha value is -1.08. The highest BCUT2D eigenvalue weighted by Gasteiger charge is 2.46. The van der Waals surface area contributed by atoms with Gasteiger partial charge in [-0.1, -0.05) is 13.0 Å². The van der Waals surface area contributed by atoms with E-state index in [0.29, 0.717) is 13.1 Å². The van der Waals surface area contributed by atoms with Crippen LogP contribution in [0.3, 0.4) is 0 Å². The minimum atomic E-state index is -1.50. The van der Waals surface area contributed by atoms with E-state index in [-0.39, 0.29) is 18.7 Å². The van der Waals surface area contributed by atoms with Crippen molar-refractivity contribution in [3.8, 4) is 0 Å². The molecular formula is C18H26F2N2O2. The lowest BCUT2D eigenvalue weighted by Gasteiger charge is -2.47. The van der Waals surface area contributed by atoms with Crippen LogP contribution in [0.2, 0.25) is 0 Å². The summed E-state index contributed by atoms with van der Waals surface area (Å²) in [6.45, 7) is 5.54. The smallest absolute Gasteiger partial charge is 0.132 e. The van der Waals surface area contributed by atoms with Crippen LogP contribution in [0.15, 0.2) is 18.2 Å². The van der Waals surface area contributed by atoms with Crippen LogP contribution in [-0.2, 0) is 5.60 Å². The summed E-state index contributed by atoms with van der Waals surface area (Å²) in [4.78, 5) is 4.09. The molecule has 3 rings (SSSR count). The number of β-amino-alcohol motifs (C(OH)–C–C–N with tert-alkyl or cyclic N) is 2. The number of rotatable bonds is 5. The van der Waals surface area contributed by atoms with Gasteiger partial charge >= 0.3 is 0 Å². The van der Waals surface area contributed by atoms with Crippen LogP contribution in [0.25, 0.3) is 0 Å². The van der Waals surface area contributed by atoms with Crippen molar-refractivity contribution in [1.82, 2.24) is 9.80 Å². The fourth-order valence-corrected chi connectivity index (χ4v) is 3.82. The molecule has 1 atom stereocenters. The van der Waals surface area contributed by atoms with Crippen LogP contribution in [0, 0.1) is 17.6 Å². The zero-order chi connectivity index (χ0) is 17.3. The molecule has 2 saturated heterocycles. The molecule has 1 aromatic rings. The van der Waals surface area contributed by atoms with Gasteiger partial charge in [0.15, 0.2) is 0 Å². The predicted molar refractivity (Wildman–Crippen MR) is 87.5 cm³/mol. The lowest BCUT2D eigenvalue weighted by molar-refractivity contribution is -0.119. The SMILES string of the molecule is CC1CCN(CC(O)CN2CC(O)(c3c(F)cccc3F)C2)CC1. The zero-order valence-corrected chi connectivity index (χ0v) is 14.1. The van der Waals surface area contributed by atoms with Gasteiger partial charge in [-0.2, -0.15) is 0 Å². The Balaban J connectivity index is 1.49. The van der Waals surface area contributed by atoms with E-state index in [4.69, 9.17) is 0 Å². The molecule has 0 aromatic heterocycles. The number of benzene rings is 1. The molecule has 2 aliphatic heterocycles. The fraction of sp³-hybridized carbons (Fsp3) is 0.667. The summed E-state index contributed by atoms with van der Waals surface area (Å²) in [5, 5.41) is 20.7. The van der Waals surface area contributed by atoms with E-state index < -0.39 is 23.3 Å². The standard InChI is InChI=1S/C18H26F2N2O2/c1-13-5-7-21(8-6-13)9-14(23)10-22-11-18(24,12-22)17-15(19)3-2-4-16(17)20/h2-4,13-14,23-24H,5-12H2,1H3. The summed E-state index contributed by atoms with van der Waals surface area (Å²) in [7, 11) is 0. The van der Waals surface area contributed by atoms with E-state index in [1.165, 1.54) is 6.07 Å². The Bertz CT molecular complexity index is 550. The van der Waals surface area contributed by atoms with Gasteiger partial charge in [-0.3, -0.25) is 4.90 Å². The first-order valence-corrected chi connectivity index (χ1v) is 8.67. The molecule has 134 valence electrons. The van der Waals surface area contributed by atoms with Gasteiger partial charge in [0.25, 0.3) is 0 Å². The molecule has 2 fully saturated rings. The number of nitrogens with zero attached hydrogens (tertiary/aromatic N) is 2. The summed E-state index contributed by atoms with van der Waals surface area (Å²) in [6.07, 6.45) is 1.79. The second-order valence-electron chi connectivity index (χ2n) is 7.43. The highest BCUT2D eigenvalue weighted by molar-refractivity contribution is 5.29. The minimum absolute atomic E-state index is 0.138. The van der Waals surface area contributed by atoms with E-state index in [9.17, 15) is 19.0 Å². The maximum atomic E-state index is 13.8. The van der Waals surface area contributed by atoms with E-state index in [1.807, 2.05) is 4.90 Å². The molecule has 4 nitrogen and oxygen atoms in total. The third-order valence-corrected chi connectivity index (χ3v) is 5.21. The molecule has 6 heteroatoms. The Morgan fingerprint density at radius 3 is 2.25 bits per heavy atom. The number of aliphatic hydroxyl groups excluding tert-OH is 1. The normalized spacial score (nSPS) is 23.9. The monoisotopic (exact) mass is 340 g/mol. The maximum Gasteiger partial charge on any atom is 0.132 e. The molecular weight excluding hydrogens is 314 g/mol. The molecule has 0 aliphatic carbocycles.